The molecule has 20 heavy (non-hydrogen) atoms. The summed E-state index contributed by atoms with van der Waals surface area (Å²) in [6.45, 7) is 2.27. The van der Waals surface area contributed by atoms with E-state index in [1.165, 1.54) is 22.3 Å². The highest BCUT2D eigenvalue weighted by Crippen LogP contribution is 2.56. The lowest BCUT2D eigenvalue weighted by Gasteiger charge is -2.41. The van der Waals surface area contributed by atoms with Gasteiger partial charge in [0, 0.05) is 18.3 Å². The lowest BCUT2D eigenvalue weighted by atomic mass is 9.64. The summed E-state index contributed by atoms with van der Waals surface area (Å²) in [4.78, 5) is 11.6. The molecule has 0 unspecified atom stereocenters. The summed E-state index contributed by atoms with van der Waals surface area (Å²) in [5, 5.41) is 10.3. The van der Waals surface area contributed by atoms with Crippen LogP contribution in [0.3, 0.4) is 0 Å². The van der Waals surface area contributed by atoms with Crippen molar-refractivity contribution in [3.05, 3.63) is 34.4 Å². The van der Waals surface area contributed by atoms with Gasteiger partial charge in [0.25, 0.3) is 0 Å². The Balaban J connectivity index is 1.82. The first-order valence-corrected chi connectivity index (χ1v) is 7.93. The molecular weight excluding hydrogens is 248 g/mol. The van der Waals surface area contributed by atoms with Crippen molar-refractivity contribution in [2.45, 2.75) is 63.9 Å². The van der Waals surface area contributed by atoms with Crippen LogP contribution in [0.15, 0.2) is 12.1 Å². The molecule has 106 valence electrons. The first-order chi connectivity index (χ1) is 9.59. The van der Waals surface area contributed by atoms with Gasteiger partial charge in [-0.3, -0.25) is 4.79 Å². The summed E-state index contributed by atoms with van der Waals surface area (Å²) in [5.74, 6) is 0.901. The van der Waals surface area contributed by atoms with Crippen LogP contribution >= 0.6 is 0 Å². The van der Waals surface area contributed by atoms with Crippen LogP contribution in [0, 0.1) is 5.41 Å². The number of Topliss-reactive ketones (excluding diaryl/α,β-unsaturated/α-hetero) is 1. The van der Waals surface area contributed by atoms with Crippen LogP contribution in [-0.2, 0) is 24.1 Å². The number of fused-ring (bicyclic) bond motifs is 5. The third-order valence-electron chi connectivity index (χ3n) is 6.18. The number of ketones is 1. The van der Waals surface area contributed by atoms with Crippen molar-refractivity contribution in [2.24, 2.45) is 5.41 Å². The summed E-state index contributed by atoms with van der Waals surface area (Å²) in [6, 6.07) is 4.44. The number of hydrogen-bond donors (Lipinski definition) is 1. The minimum atomic E-state index is -0.140. The van der Waals surface area contributed by atoms with Crippen molar-refractivity contribution in [2.75, 3.05) is 0 Å². The zero-order valence-electron chi connectivity index (χ0n) is 12.1. The minimum Gasteiger partial charge on any atom is -0.393 e. The quantitative estimate of drug-likeness (QED) is 0.787. The van der Waals surface area contributed by atoms with Crippen molar-refractivity contribution in [1.82, 2.24) is 0 Å². The van der Waals surface area contributed by atoms with Gasteiger partial charge in [0.15, 0.2) is 0 Å². The normalized spacial score (nSPS) is 35.4. The zero-order valence-corrected chi connectivity index (χ0v) is 12.1. The highest BCUT2D eigenvalue weighted by atomic mass is 16.3. The van der Waals surface area contributed by atoms with Gasteiger partial charge in [0.2, 0.25) is 0 Å². The highest BCUT2D eigenvalue weighted by molar-refractivity contribution is 5.83. The molecule has 2 nitrogen and oxygen atoms in total. The van der Waals surface area contributed by atoms with Crippen LogP contribution in [0.1, 0.15) is 60.8 Å². The molecule has 0 bridgehead atoms. The van der Waals surface area contributed by atoms with Crippen LogP contribution in [-0.4, -0.2) is 17.0 Å². The molecule has 0 aromatic heterocycles. The van der Waals surface area contributed by atoms with Gasteiger partial charge in [-0.15, -0.1) is 0 Å². The second-order valence-electron chi connectivity index (χ2n) is 7.14. The van der Waals surface area contributed by atoms with Gasteiger partial charge in [-0.05, 0) is 60.3 Å². The molecule has 1 N–H and O–H groups in total. The fourth-order valence-electron chi connectivity index (χ4n) is 4.89. The molecule has 0 amide bonds. The van der Waals surface area contributed by atoms with E-state index in [9.17, 15) is 9.90 Å². The Kier molecular flexibility index (Phi) is 2.62. The monoisotopic (exact) mass is 270 g/mol. The van der Waals surface area contributed by atoms with E-state index in [1.54, 1.807) is 0 Å². The molecule has 0 heterocycles. The van der Waals surface area contributed by atoms with Crippen LogP contribution < -0.4 is 0 Å². The van der Waals surface area contributed by atoms with Crippen molar-refractivity contribution < 1.29 is 9.90 Å². The summed E-state index contributed by atoms with van der Waals surface area (Å²) in [7, 11) is 0. The third-order valence-corrected chi connectivity index (χ3v) is 6.18. The fraction of sp³-hybridized carbons (Fsp3) is 0.611. The Bertz CT molecular complexity index is 589. The average molecular weight is 270 g/mol. The van der Waals surface area contributed by atoms with E-state index in [2.05, 4.69) is 19.1 Å². The van der Waals surface area contributed by atoms with Crippen molar-refractivity contribution in [1.29, 1.82) is 0 Å². The summed E-state index contributed by atoms with van der Waals surface area (Å²) >= 11 is 0. The van der Waals surface area contributed by atoms with Crippen LogP contribution in [0.5, 0.6) is 0 Å². The predicted octanol–water partition coefficient (Wildman–Crippen LogP) is 2.94. The van der Waals surface area contributed by atoms with Gasteiger partial charge in [0.1, 0.15) is 5.78 Å². The SMILES string of the molecule is C[C@]12CCc3c(ccc4c3CCC(=O)C4)[C@@H]1CC[C@@H]2O. The Morgan fingerprint density at radius 2 is 2.00 bits per heavy atom. The van der Waals surface area contributed by atoms with E-state index in [4.69, 9.17) is 0 Å². The smallest absolute Gasteiger partial charge is 0.137 e. The molecule has 4 rings (SSSR count). The van der Waals surface area contributed by atoms with E-state index in [1.807, 2.05) is 0 Å². The molecule has 1 saturated carbocycles. The molecule has 0 aliphatic heterocycles. The zero-order chi connectivity index (χ0) is 13.9. The lowest BCUT2D eigenvalue weighted by molar-refractivity contribution is -0.118. The second kappa shape index (κ2) is 4.17. The van der Waals surface area contributed by atoms with Gasteiger partial charge in [-0.2, -0.15) is 0 Å². The van der Waals surface area contributed by atoms with E-state index in [-0.39, 0.29) is 11.5 Å². The Morgan fingerprint density at radius 1 is 1.15 bits per heavy atom. The van der Waals surface area contributed by atoms with E-state index >= 15 is 0 Å². The highest BCUT2D eigenvalue weighted by Gasteiger charge is 2.49. The Morgan fingerprint density at radius 3 is 2.85 bits per heavy atom. The maximum Gasteiger partial charge on any atom is 0.137 e. The first-order valence-electron chi connectivity index (χ1n) is 7.93. The second-order valence-corrected chi connectivity index (χ2v) is 7.14. The van der Waals surface area contributed by atoms with E-state index in [0.717, 1.165) is 32.1 Å². The van der Waals surface area contributed by atoms with E-state index in [0.29, 0.717) is 24.5 Å². The largest absolute Gasteiger partial charge is 0.393 e. The van der Waals surface area contributed by atoms with Crippen LogP contribution in [0.4, 0.5) is 0 Å². The van der Waals surface area contributed by atoms with Crippen molar-refractivity contribution in [3.8, 4) is 0 Å². The van der Waals surface area contributed by atoms with Crippen LogP contribution in [0.2, 0.25) is 0 Å². The fourth-order valence-corrected chi connectivity index (χ4v) is 4.89. The number of benzene rings is 1. The van der Waals surface area contributed by atoms with Crippen LogP contribution in [0.25, 0.3) is 0 Å². The molecule has 2 heteroatoms. The molecule has 3 atom stereocenters. The maximum atomic E-state index is 11.6. The Hall–Kier alpha value is -1.15. The molecule has 0 spiro atoms. The maximum absolute atomic E-state index is 11.6. The molecule has 1 aromatic rings. The third kappa shape index (κ3) is 1.57. The molecule has 3 aliphatic carbocycles. The average Bonchev–Trinajstić information content (AvgIpc) is 2.74. The number of rotatable bonds is 0. The molecule has 0 radical (unpaired) electrons. The van der Waals surface area contributed by atoms with Gasteiger partial charge >= 0.3 is 0 Å². The minimum absolute atomic E-state index is 0.0751. The summed E-state index contributed by atoms with van der Waals surface area (Å²) in [6.07, 6.45) is 6.37. The standard InChI is InChI=1S/C18H22O2/c1-18-9-8-14-13-5-3-12(19)10-11(13)2-4-15(14)16(18)6-7-17(18)20/h2,4,16-17,20H,3,5-10H2,1H3/t16-,17-,18-/m0/s1. The van der Waals surface area contributed by atoms with Gasteiger partial charge in [0.05, 0.1) is 6.10 Å². The van der Waals surface area contributed by atoms with Crippen molar-refractivity contribution in [3.63, 3.8) is 0 Å². The molecule has 1 aromatic carbocycles. The number of carbonyl (C=O) groups excluding carboxylic acids is 1. The predicted molar refractivity (Wildman–Crippen MR) is 77.9 cm³/mol. The van der Waals surface area contributed by atoms with Gasteiger partial charge in [-0.1, -0.05) is 19.1 Å². The van der Waals surface area contributed by atoms with Gasteiger partial charge < -0.3 is 5.11 Å². The number of hydrogen-bond acceptors (Lipinski definition) is 2. The topological polar surface area (TPSA) is 37.3 Å². The number of aliphatic hydroxyl groups excluding tert-OH is 1. The Labute approximate surface area is 120 Å². The molecule has 1 fully saturated rings. The molecular formula is C18H22O2. The molecule has 3 aliphatic rings. The number of carbonyl (C=O) groups is 1. The first kappa shape index (κ1) is 12.6. The van der Waals surface area contributed by atoms with E-state index < -0.39 is 0 Å². The van der Waals surface area contributed by atoms with Gasteiger partial charge in [-0.25, -0.2) is 0 Å². The number of aliphatic hydroxyl groups is 1. The summed E-state index contributed by atoms with van der Waals surface area (Å²) in [5.41, 5.74) is 5.80. The lowest BCUT2D eigenvalue weighted by Crippen LogP contribution is -2.36. The molecule has 0 saturated heterocycles. The van der Waals surface area contributed by atoms with Crippen molar-refractivity contribution >= 4 is 5.78 Å². The summed E-state index contributed by atoms with van der Waals surface area (Å²) < 4.78 is 0.